The van der Waals surface area contributed by atoms with Crippen LogP contribution in [0.15, 0.2) is 29.3 Å². The first kappa shape index (κ1) is 21.1. The van der Waals surface area contributed by atoms with Crippen LogP contribution < -0.4 is 20.7 Å². The molecule has 1 aromatic rings. The highest BCUT2D eigenvalue weighted by molar-refractivity contribution is 5.80. The number of nitrogens with zero attached hydrogens (tertiary/aromatic N) is 1. The van der Waals surface area contributed by atoms with Gasteiger partial charge in [0.15, 0.2) is 5.96 Å². The minimum absolute atomic E-state index is 0.219. The molecule has 0 bridgehead atoms. The third-order valence-corrected chi connectivity index (χ3v) is 5.20. The second-order valence-corrected chi connectivity index (χ2v) is 7.16. The van der Waals surface area contributed by atoms with Gasteiger partial charge >= 0.3 is 0 Å². The summed E-state index contributed by atoms with van der Waals surface area (Å²) < 4.78 is 5.20. The second-order valence-electron chi connectivity index (χ2n) is 7.16. The molecular formula is C21H34N4O2. The Morgan fingerprint density at radius 3 is 2.41 bits per heavy atom. The summed E-state index contributed by atoms with van der Waals surface area (Å²) in [6.45, 7) is 4.59. The van der Waals surface area contributed by atoms with Gasteiger partial charge in [-0.25, -0.2) is 0 Å². The Labute approximate surface area is 163 Å². The van der Waals surface area contributed by atoms with Gasteiger partial charge in [0.05, 0.1) is 7.11 Å². The molecule has 1 saturated carbocycles. The van der Waals surface area contributed by atoms with Crippen molar-refractivity contribution in [1.29, 1.82) is 0 Å². The van der Waals surface area contributed by atoms with Crippen molar-refractivity contribution >= 4 is 11.9 Å². The van der Waals surface area contributed by atoms with Crippen LogP contribution >= 0.6 is 0 Å². The van der Waals surface area contributed by atoms with Gasteiger partial charge in [-0.3, -0.25) is 9.79 Å². The summed E-state index contributed by atoms with van der Waals surface area (Å²) >= 11 is 0. The highest BCUT2D eigenvalue weighted by Gasteiger charge is 2.24. The molecule has 6 nitrogen and oxygen atoms in total. The first-order valence-corrected chi connectivity index (χ1v) is 10.00. The number of guanidine groups is 1. The average Bonchev–Trinajstić information content (AvgIpc) is 2.64. The Bertz CT molecular complexity index is 597. The number of carbonyl (C=O) groups is 1. The van der Waals surface area contributed by atoms with Crippen molar-refractivity contribution in [3.8, 4) is 5.75 Å². The highest BCUT2D eigenvalue weighted by Crippen LogP contribution is 2.26. The van der Waals surface area contributed by atoms with Gasteiger partial charge in [-0.2, -0.15) is 0 Å². The lowest BCUT2D eigenvalue weighted by Crippen LogP contribution is -2.40. The van der Waals surface area contributed by atoms with E-state index in [1.165, 1.54) is 12.0 Å². The van der Waals surface area contributed by atoms with Crippen LogP contribution in [0.2, 0.25) is 0 Å². The van der Waals surface area contributed by atoms with Crippen molar-refractivity contribution in [2.24, 2.45) is 10.9 Å². The van der Waals surface area contributed by atoms with Crippen LogP contribution in [0.5, 0.6) is 5.75 Å². The smallest absolute Gasteiger partial charge is 0.223 e. The molecular weight excluding hydrogens is 340 g/mol. The summed E-state index contributed by atoms with van der Waals surface area (Å²) in [6, 6.07) is 8.25. The molecule has 0 aromatic heterocycles. The third-order valence-electron chi connectivity index (χ3n) is 5.20. The zero-order chi connectivity index (χ0) is 19.5. The van der Waals surface area contributed by atoms with Gasteiger partial charge in [-0.15, -0.1) is 0 Å². The molecule has 0 aliphatic heterocycles. The zero-order valence-electron chi connectivity index (χ0n) is 16.9. The maximum absolute atomic E-state index is 11.8. The number of hydrogen-bond donors (Lipinski definition) is 3. The largest absolute Gasteiger partial charge is 0.497 e. The van der Waals surface area contributed by atoms with E-state index in [2.05, 4.69) is 40.0 Å². The number of hydrogen-bond acceptors (Lipinski definition) is 3. The number of methoxy groups -OCH3 is 1. The van der Waals surface area contributed by atoms with Crippen LogP contribution in [0, 0.1) is 5.92 Å². The summed E-state index contributed by atoms with van der Waals surface area (Å²) in [5.41, 5.74) is 1.31. The fourth-order valence-corrected chi connectivity index (χ4v) is 3.05. The van der Waals surface area contributed by atoms with E-state index in [0.29, 0.717) is 12.5 Å². The lowest BCUT2D eigenvalue weighted by molar-refractivity contribution is -0.127. The van der Waals surface area contributed by atoms with Crippen molar-refractivity contribution in [2.45, 2.75) is 44.9 Å². The number of nitrogens with one attached hydrogen (secondary N) is 3. The number of ether oxygens (including phenoxy) is 1. The van der Waals surface area contributed by atoms with Crippen molar-refractivity contribution < 1.29 is 9.53 Å². The van der Waals surface area contributed by atoms with E-state index in [4.69, 9.17) is 4.74 Å². The Morgan fingerprint density at radius 1 is 1.15 bits per heavy atom. The van der Waals surface area contributed by atoms with Crippen LogP contribution in [0.1, 0.15) is 50.5 Å². The zero-order valence-corrected chi connectivity index (χ0v) is 16.9. The number of carbonyl (C=O) groups excluding carboxylic acids is 1. The quantitative estimate of drug-likeness (QED) is 0.334. The summed E-state index contributed by atoms with van der Waals surface area (Å²) in [7, 11) is 3.46. The van der Waals surface area contributed by atoms with Crippen LogP contribution in [-0.2, 0) is 4.79 Å². The van der Waals surface area contributed by atoms with Crippen molar-refractivity contribution in [3.63, 3.8) is 0 Å². The van der Waals surface area contributed by atoms with Gasteiger partial charge in [0.1, 0.15) is 5.75 Å². The Morgan fingerprint density at radius 2 is 1.81 bits per heavy atom. The molecule has 0 radical (unpaired) electrons. The number of rotatable bonds is 10. The standard InChI is InChI=1S/C21H34N4O2/c1-16(17-8-10-19(27-3)11-9-17)12-15-25-21(22-2)24-14-5-13-23-20(26)18-6-4-7-18/h8-11,16,18H,4-7,12-15H2,1-3H3,(H,23,26)(H2,22,24,25). The molecule has 6 heteroatoms. The number of aliphatic imine (C=N–C) groups is 1. The van der Waals surface area contributed by atoms with Crippen molar-refractivity contribution in [3.05, 3.63) is 29.8 Å². The molecule has 0 heterocycles. The summed E-state index contributed by atoms with van der Waals surface area (Å²) in [5, 5.41) is 9.67. The molecule has 2 rings (SSSR count). The lowest BCUT2D eigenvalue weighted by atomic mass is 9.85. The predicted octanol–water partition coefficient (Wildman–Crippen LogP) is 2.66. The Kier molecular flexibility index (Phi) is 8.95. The molecule has 1 aromatic carbocycles. The van der Waals surface area contributed by atoms with E-state index in [0.717, 1.165) is 50.5 Å². The van der Waals surface area contributed by atoms with Gasteiger partial charge in [-0.1, -0.05) is 25.5 Å². The molecule has 0 saturated heterocycles. The molecule has 150 valence electrons. The summed E-state index contributed by atoms with van der Waals surface area (Å²) in [4.78, 5) is 16.0. The van der Waals surface area contributed by atoms with Crippen molar-refractivity contribution in [1.82, 2.24) is 16.0 Å². The molecule has 1 amide bonds. The summed E-state index contributed by atoms with van der Waals surface area (Å²) in [6.07, 6.45) is 5.20. The Balaban J connectivity index is 1.57. The molecule has 1 fully saturated rings. The van der Waals surface area contributed by atoms with E-state index in [1.54, 1.807) is 14.2 Å². The van der Waals surface area contributed by atoms with Crippen LogP contribution in [0.25, 0.3) is 0 Å². The van der Waals surface area contributed by atoms with Crippen LogP contribution in [0.4, 0.5) is 0 Å². The topological polar surface area (TPSA) is 74.8 Å². The van der Waals surface area contributed by atoms with Gasteiger partial charge in [-0.05, 0) is 49.3 Å². The molecule has 1 aliphatic rings. The number of amides is 1. The van der Waals surface area contributed by atoms with Gasteiger partial charge < -0.3 is 20.7 Å². The lowest BCUT2D eigenvalue weighted by Gasteiger charge is -2.24. The highest BCUT2D eigenvalue weighted by atomic mass is 16.5. The second kappa shape index (κ2) is 11.5. The number of benzene rings is 1. The maximum atomic E-state index is 11.8. The first-order chi connectivity index (χ1) is 13.1. The van der Waals surface area contributed by atoms with E-state index >= 15 is 0 Å². The normalized spacial score (nSPS) is 15.6. The minimum atomic E-state index is 0.219. The van der Waals surface area contributed by atoms with Crippen LogP contribution in [0.3, 0.4) is 0 Å². The van der Waals surface area contributed by atoms with Gasteiger partial charge in [0.25, 0.3) is 0 Å². The van der Waals surface area contributed by atoms with E-state index in [1.807, 2.05) is 12.1 Å². The minimum Gasteiger partial charge on any atom is -0.497 e. The fourth-order valence-electron chi connectivity index (χ4n) is 3.05. The van der Waals surface area contributed by atoms with E-state index in [-0.39, 0.29) is 11.8 Å². The fraction of sp³-hybridized carbons (Fsp3) is 0.619. The Hall–Kier alpha value is -2.24. The summed E-state index contributed by atoms with van der Waals surface area (Å²) in [5.74, 6) is 2.64. The third kappa shape index (κ3) is 7.12. The van der Waals surface area contributed by atoms with Crippen LogP contribution in [-0.4, -0.2) is 45.7 Å². The predicted molar refractivity (Wildman–Crippen MR) is 110 cm³/mol. The van der Waals surface area contributed by atoms with E-state index in [9.17, 15) is 4.79 Å². The molecule has 1 unspecified atom stereocenters. The monoisotopic (exact) mass is 374 g/mol. The maximum Gasteiger partial charge on any atom is 0.223 e. The molecule has 27 heavy (non-hydrogen) atoms. The molecule has 1 atom stereocenters. The SMILES string of the molecule is CN=C(NCCCNC(=O)C1CCC1)NCCC(C)c1ccc(OC)cc1. The van der Waals surface area contributed by atoms with E-state index < -0.39 is 0 Å². The first-order valence-electron chi connectivity index (χ1n) is 10.00. The average molecular weight is 375 g/mol. The molecule has 1 aliphatic carbocycles. The van der Waals surface area contributed by atoms with Gasteiger partial charge in [0.2, 0.25) is 5.91 Å². The molecule has 3 N–H and O–H groups in total. The van der Waals surface area contributed by atoms with Crippen molar-refractivity contribution in [2.75, 3.05) is 33.8 Å². The molecule has 0 spiro atoms. The van der Waals surface area contributed by atoms with Gasteiger partial charge in [0, 0.05) is 32.6 Å².